The van der Waals surface area contributed by atoms with Crippen molar-refractivity contribution in [3.05, 3.63) is 36.0 Å². The van der Waals surface area contributed by atoms with E-state index >= 15 is 4.79 Å². The fourth-order valence-electron chi connectivity index (χ4n) is 23.5. The predicted molar refractivity (Wildman–Crippen MR) is 442 cm³/mol. The Morgan fingerprint density at radius 3 is 1.55 bits per heavy atom. The minimum Gasteiger partial charge on any atom is -0.451 e. The molecule has 0 amide bonds. The van der Waals surface area contributed by atoms with Crippen molar-refractivity contribution in [1.29, 1.82) is 0 Å². The van der Waals surface area contributed by atoms with Crippen LogP contribution in [0.3, 0.4) is 0 Å². The Balaban J connectivity index is 0.696. The maximum atomic E-state index is 16.4. The highest BCUT2D eigenvalue weighted by molar-refractivity contribution is 5.88. The Kier molecular flexibility index (Phi) is 32.6. The first-order valence-corrected chi connectivity index (χ1v) is 46.3. The number of rotatable bonds is 26. The SMILES string of the molecule is C=C[C@@](C)(CC/C=C(\C)C(=O)O[C@H]1[C@H](OC[C@H]2O[C@@H](OC(=O)[C@]34CCC(C)(C)C[C@H]3C3=CC[C@@H]5[C@@]6(C)CC[C@H](O[C@@H]7O[C@H](CO[C@@H]8OC[C@H](O)[C@H](O)[C@H]8O[C@@H]8OC[C@@H](O)[C@H](O)[C@H]8O)[C@@H](O)[C@H](O)[C@H]7O)C(C)(C)[C@@H]6CC[C@@]5(C)[C@]3(C)C[C@H]4O)[C@H](O[C@@H]3O[C@@H](C)[C@H](O[C@@H]4OC[C@@H](O)[C@H](O[C@@H]5OC[C@@H](O)[C@H](O)[C@H]5O)[C@H]4O)[C@@H](O)[C@H]3O)[C@@H](O)[C@@H]2O)O[C@@H](C)[C@H](O)[C@H]1O)O[C@@H]1OC[C@H](O)[C@H](O)[C@H]1O. The van der Waals surface area contributed by atoms with Gasteiger partial charge in [0.15, 0.2) is 62.5 Å². The van der Waals surface area contributed by atoms with Gasteiger partial charge in [0, 0.05) is 5.57 Å². The summed E-state index contributed by atoms with van der Waals surface area (Å²) in [6.45, 7) is 20.8. The molecule has 44 heteroatoms. The smallest absolute Gasteiger partial charge is 0.333 e. The molecule has 0 spiro atoms. The van der Waals surface area contributed by atoms with Crippen molar-refractivity contribution >= 4 is 11.9 Å². The van der Waals surface area contributed by atoms with Gasteiger partial charge in [0.25, 0.3) is 0 Å². The van der Waals surface area contributed by atoms with Crippen molar-refractivity contribution < 1.29 is 217 Å². The number of esters is 2. The van der Waals surface area contributed by atoms with Crippen molar-refractivity contribution in [2.75, 3.05) is 46.2 Å². The molecule has 9 heterocycles. The Morgan fingerprint density at radius 2 is 0.932 bits per heavy atom. The van der Waals surface area contributed by atoms with Gasteiger partial charge < -0.3 is 207 Å². The molecule has 0 unspecified atom stereocenters. The Morgan fingerprint density at radius 1 is 0.451 bits per heavy atom. The number of fused-ring (bicyclic) bond motifs is 7. The summed E-state index contributed by atoms with van der Waals surface area (Å²) in [7, 11) is 0. The van der Waals surface area contributed by atoms with Gasteiger partial charge in [-0.15, -0.1) is 6.58 Å². The van der Waals surface area contributed by atoms with E-state index < -0.39 is 354 Å². The van der Waals surface area contributed by atoms with Crippen LogP contribution in [0.1, 0.15) is 147 Å². The lowest BCUT2D eigenvalue weighted by Crippen LogP contribution is -2.69. The van der Waals surface area contributed by atoms with Gasteiger partial charge in [-0.3, -0.25) is 4.79 Å². The largest absolute Gasteiger partial charge is 0.451 e. The Labute approximate surface area is 768 Å². The van der Waals surface area contributed by atoms with E-state index in [1.54, 1.807) is 6.92 Å². The quantitative estimate of drug-likeness (QED) is 0.0166. The summed E-state index contributed by atoms with van der Waals surface area (Å²) in [5.41, 5.74) is -5.14. The molecule has 14 rings (SSSR count). The van der Waals surface area contributed by atoms with E-state index in [9.17, 15) is 122 Å². The first kappa shape index (κ1) is 105. The maximum Gasteiger partial charge on any atom is 0.333 e. The van der Waals surface area contributed by atoms with Crippen LogP contribution < -0.4 is 0 Å². The third-order valence-corrected chi connectivity index (χ3v) is 32.1. The zero-order valence-electron chi connectivity index (χ0n) is 76.5. The van der Waals surface area contributed by atoms with Crippen molar-refractivity contribution in [3.63, 3.8) is 0 Å². The van der Waals surface area contributed by atoms with Gasteiger partial charge in [0.05, 0.1) is 76.3 Å². The van der Waals surface area contributed by atoms with Crippen molar-refractivity contribution in [3.8, 4) is 0 Å². The molecule has 14 aliphatic rings. The molecule has 133 heavy (non-hydrogen) atoms. The van der Waals surface area contributed by atoms with Crippen LogP contribution >= 0.6 is 0 Å². The van der Waals surface area contributed by atoms with E-state index in [4.69, 9.17) is 90.0 Å². The fraction of sp³-hybridized carbons (Fsp3) is 0.910. The highest BCUT2D eigenvalue weighted by Gasteiger charge is 2.73. The zero-order chi connectivity index (χ0) is 97.1. The summed E-state index contributed by atoms with van der Waals surface area (Å²) < 4.78 is 114. The molecule has 0 aromatic rings. The molecule has 0 bridgehead atoms. The molecule has 4 saturated carbocycles. The molecule has 9 saturated heterocycles. The summed E-state index contributed by atoms with van der Waals surface area (Å²) in [5.74, 6) is -2.95. The van der Waals surface area contributed by atoms with E-state index in [-0.39, 0.29) is 49.7 Å². The lowest BCUT2D eigenvalue weighted by atomic mass is 9.33. The fourth-order valence-corrected chi connectivity index (χ4v) is 23.5. The van der Waals surface area contributed by atoms with Crippen LogP contribution in [-0.2, 0) is 99.6 Å². The van der Waals surface area contributed by atoms with Crippen LogP contribution in [0, 0.1) is 50.2 Å². The van der Waals surface area contributed by atoms with Crippen molar-refractivity contribution in [2.45, 2.75) is 410 Å². The molecular weight excluding hydrogens is 1770 g/mol. The number of ether oxygens (including phenoxy) is 19. The minimum absolute atomic E-state index is 0.0224. The number of aliphatic hydroxyl groups excluding tert-OH is 23. The van der Waals surface area contributed by atoms with Crippen LogP contribution in [0.4, 0.5) is 0 Å². The zero-order valence-corrected chi connectivity index (χ0v) is 76.5. The van der Waals surface area contributed by atoms with E-state index in [1.807, 2.05) is 0 Å². The van der Waals surface area contributed by atoms with Gasteiger partial charge >= 0.3 is 11.9 Å². The van der Waals surface area contributed by atoms with Crippen LogP contribution in [0.25, 0.3) is 0 Å². The number of carbonyl (C=O) groups is 2. The average molecular weight is 1920 g/mol. The second-order valence-electron chi connectivity index (χ2n) is 41.6. The summed E-state index contributed by atoms with van der Waals surface area (Å²) in [5, 5.41) is 257. The van der Waals surface area contributed by atoms with E-state index in [2.05, 4.69) is 61.1 Å². The highest BCUT2D eigenvalue weighted by Crippen LogP contribution is 2.76. The number of carbonyl (C=O) groups excluding carboxylic acids is 2. The van der Waals surface area contributed by atoms with Crippen molar-refractivity contribution in [2.24, 2.45) is 50.2 Å². The molecule has 9 aliphatic heterocycles. The maximum absolute atomic E-state index is 16.4. The molecule has 762 valence electrons. The summed E-state index contributed by atoms with van der Waals surface area (Å²) in [6.07, 6.45) is -62.1. The van der Waals surface area contributed by atoms with E-state index in [0.29, 0.717) is 44.9 Å². The monoisotopic (exact) mass is 1910 g/mol. The third-order valence-electron chi connectivity index (χ3n) is 32.1. The summed E-state index contributed by atoms with van der Waals surface area (Å²) in [4.78, 5) is 30.5. The van der Waals surface area contributed by atoms with Gasteiger partial charge in [-0.1, -0.05) is 72.3 Å². The molecule has 13 fully saturated rings. The molecule has 0 radical (unpaired) electrons. The molecule has 23 N–H and O–H groups in total. The Bertz CT molecular complexity index is 3980. The second-order valence-corrected chi connectivity index (χ2v) is 41.6. The first-order chi connectivity index (χ1) is 62.4. The molecule has 0 aromatic heterocycles. The summed E-state index contributed by atoms with van der Waals surface area (Å²) >= 11 is 0. The van der Waals surface area contributed by atoms with Crippen LogP contribution in [0.2, 0.25) is 0 Å². The minimum atomic E-state index is -2.23. The van der Waals surface area contributed by atoms with E-state index in [0.717, 1.165) is 5.57 Å². The van der Waals surface area contributed by atoms with Gasteiger partial charge in [-0.25, -0.2) is 4.79 Å². The van der Waals surface area contributed by atoms with Crippen LogP contribution in [-0.4, -0.2) is 439 Å². The Hall–Kier alpha value is -3.44. The lowest BCUT2D eigenvalue weighted by molar-refractivity contribution is -0.381. The number of aliphatic hydroxyl groups is 23. The number of hydrogen-bond acceptors (Lipinski definition) is 44. The number of allylic oxidation sites excluding steroid dienone is 3. The molecule has 5 aliphatic carbocycles. The molecule has 50 atom stereocenters. The van der Waals surface area contributed by atoms with Gasteiger partial charge in [0.1, 0.15) is 170 Å². The lowest BCUT2D eigenvalue weighted by Gasteiger charge is -2.71. The molecule has 0 aromatic carbocycles. The highest BCUT2D eigenvalue weighted by atomic mass is 16.8. The summed E-state index contributed by atoms with van der Waals surface area (Å²) in [6, 6.07) is 0. The van der Waals surface area contributed by atoms with Crippen molar-refractivity contribution in [1.82, 2.24) is 0 Å². The topological polar surface area (TPSA) is 675 Å². The van der Waals surface area contributed by atoms with Gasteiger partial charge in [-0.05, 0) is 143 Å². The molecular formula is C89H142O44. The number of hydrogen-bond donors (Lipinski definition) is 23. The van der Waals surface area contributed by atoms with Crippen LogP contribution in [0.15, 0.2) is 36.0 Å². The third kappa shape index (κ3) is 20.2. The standard InChI is InChI=1S/C89H142O44/c1-13-85(9,133-76-63(109)53(99)41(92)29-118-76)20-14-15-34(2)72(113)127-70-58(104)50(96)35(3)122-80(70)121-33-45-56(102)59(105)71(131-77-65(111)60(106)67(36(4)123-77)128-75-66(112)68(43(94)31-117-75)129-73-61(107)51(97)39(90)27-115-73)81(125-45)132-82(114)89-24-23-83(5,6)25-38(89)37-16-17-47-86(10)21-19-49(84(7,8)46(86)18-22-87(47,11)88(37,12)26-48(89)95)126-78-64(110)57(103)55(101)44(124-78)32-120-79-69(54(100)42(93)30-119-79)130-74-62(108)52(98)40(91)28-116-74/h13,15-16,35-36,38-71,73-81,90-112H,1,14,17-33H2,2-12H3/b34-15+/t35-,36-,38-,39+,40+,41-,42-,43+,44+,45+,46-,47+,48+,49-,50-,51-,52-,53-,54-,55+,56+,57-,58+,59-,60-,61+,62+,63+,64+,65+,66+,67-,68-,69+,70+,71+,73-,74-,75-,76-,77-,78-,79-,80+,81-,85-,86-,87+,88+,89+/m0/s1. The van der Waals surface area contributed by atoms with Crippen LogP contribution in [0.5, 0.6) is 0 Å². The molecule has 44 nitrogen and oxygen atoms in total. The average Bonchev–Trinajstić information content (AvgIpc) is 0.668. The first-order valence-electron chi connectivity index (χ1n) is 46.3. The second kappa shape index (κ2) is 41.1. The van der Waals surface area contributed by atoms with Gasteiger partial charge in [0.2, 0.25) is 6.29 Å². The predicted octanol–water partition coefficient (Wildman–Crippen LogP) is -6.48. The van der Waals surface area contributed by atoms with E-state index in [1.165, 1.54) is 32.9 Å². The normalized spacial score (nSPS) is 51.8. The van der Waals surface area contributed by atoms with Gasteiger partial charge in [-0.2, -0.15) is 0 Å².